The van der Waals surface area contributed by atoms with E-state index < -0.39 is 5.97 Å². The average Bonchev–Trinajstić information content (AvgIpc) is 2.97. The molecule has 1 heterocycles. The Hall–Kier alpha value is -1.84. The molecule has 1 aliphatic heterocycles. The molecule has 4 heteroatoms. The van der Waals surface area contributed by atoms with Crippen molar-refractivity contribution in [2.45, 2.75) is 31.8 Å². The van der Waals surface area contributed by atoms with Gasteiger partial charge in [0.15, 0.2) is 0 Å². The highest BCUT2D eigenvalue weighted by Gasteiger charge is 2.25. The highest BCUT2D eigenvalue weighted by atomic mass is 35.5. The second kappa shape index (κ2) is 7.16. The summed E-state index contributed by atoms with van der Waals surface area (Å²) in [4.78, 5) is 13.5. The third-order valence-electron chi connectivity index (χ3n) is 4.47. The SMILES string of the molecule is O=C(O)c1cccc(CN2CCCC2Cc2ccccc2Cl)c1. The molecule has 0 bridgehead atoms. The number of likely N-dealkylation sites (tertiary alicyclic amines) is 1. The fourth-order valence-electron chi connectivity index (χ4n) is 3.29. The van der Waals surface area contributed by atoms with Crippen LogP contribution in [0.15, 0.2) is 48.5 Å². The molecule has 0 amide bonds. The zero-order chi connectivity index (χ0) is 16.2. The van der Waals surface area contributed by atoms with Crippen LogP contribution in [0.25, 0.3) is 0 Å². The lowest BCUT2D eigenvalue weighted by Gasteiger charge is -2.25. The first kappa shape index (κ1) is 16.0. The summed E-state index contributed by atoms with van der Waals surface area (Å²) in [6.07, 6.45) is 3.27. The Bertz CT molecular complexity index is 701. The van der Waals surface area contributed by atoms with Crippen LogP contribution in [0.5, 0.6) is 0 Å². The van der Waals surface area contributed by atoms with Gasteiger partial charge in [-0.1, -0.05) is 41.9 Å². The fraction of sp³-hybridized carbons (Fsp3) is 0.316. The maximum atomic E-state index is 11.1. The van der Waals surface area contributed by atoms with Crippen molar-refractivity contribution in [2.24, 2.45) is 0 Å². The maximum absolute atomic E-state index is 11.1. The summed E-state index contributed by atoms with van der Waals surface area (Å²) in [5.41, 5.74) is 2.59. The number of hydrogen-bond donors (Lipinski definition) is 1. The number of hydrogen-bond acceptors (Lipinski definition) is 2. The van der Waals surface area contributed by atoms with Gasteiger partial charge < -0.3 is 5.11 Å². The third kappa shape index (κ3) is 3.92. The van der Waals surface area contributed by atoms with E-state index in [0.29, 0.717) is 11.6 Å². The molecule has 120 valence electrons. The van der Waals surface area contributed by atoms with Crippen LogP contribution in [0.2, 0.25) is 5.02 Å². The molecule has 3 nitrogen and oxygen atoms in total. The van der Waals surface area contributed by atoms with Gasteiger partial charge in [-0.25, -0.2) is 4.79 Å². The number of aromatic carboxylic acids is 1. The summed E-state index contributed by atoms with van der Waals surface area (Å²) < 4.78 is 0. The van der Waals surface area contributed by atoms with Gasteiger partial charge in [0.25, 0.3) is 0 Å². The summed E-state index contributed by atoms with van der Waals surface area (Å²) in [7, 11) is 0. The second-order valence-electron chi connectivity index (χ2n) is 6.07. The molecule has 1 unspecified atom stereocenters. The molecular formula is C19H20ClNO2. The number of halogens is 1. The van der Waals surface area contributed by atoms with Crippen molar-refractivity contribution in [3.63, 3.8) is 0 Å². The second-order valence-corrected chi connectivity index (χ2v) is 6.47. The minimum absolute atomic E-state index is 0.351. The number of nitrogens with zero attached hydrogens (tertiary/aromatic N) is 1. The number of carboxylic acids is 1. The topological polar surface area (TPSA) is 40.5 Å². The van der Waals surface area contributed by atoms with Gasteiger partial charge in [-0.05, 0) is 55.1 Å². The van der Waals surface area contributed by atoms with E-state index in [4.69, 9.17) is 16.7 Å². The van der Waals surface area contributed by atoms with E-state index in [2.05, 4.69) is 11.0 Å². The largest absolute Gasteiger partial charge is 0.478 e. The third-order valence-corrected chi connectivity index (χ3v) is 4.84. The zero-order valence-corrected chi connectivity index (χ0v) is 13.7. The van der Waals surface area contributed by atoms with Crippen molar-refractivity contribution >= 4 is 17.6 Å². The number of benzene rings is 2. The molecule has 1 aliphatic rings. The van der Waals surface area contributed by atoms with E-state index in [9.17, 15) is 4.79 Å². The Kier molecular flexibility index (Phi) is 4.99. The molecular weight excluding hydrogens is 310 g/mol. The summed E-state index contributed by atoms with van der Waals surface area (Å²) in [5, 5.41) is 9.95. The van der Waals surface area contributed by atoms with Crippen LogP contribution >= 0.6 is 11.6 Å². The molecule has 2 aromatic rings. The quantitative estimate of drug-likeness (QED) is 0.891. The van der Waals surface area contributed by atoms with E-state index in [1.165, 1.54) is 12.0 Å². The normalized spacial score (nSPS) is 18.2. The van der Waals surface area contributed by atoms with Crippen LogP contribution in [0.1, 0.15) is 34.3 Å². The standard InChI is InChI=1S/C19H20ClNO2/c20-18-9-2-1-6-15(18)12-17-8-4-10-21(17)13-14-5-3-7-16(11-14)19(22)23/h1-3,5-7,9,11,17H,4,8,10,12-13H2,(H,22,23). The Morgan fingerprint density at radius 1 is 1.22 bits per heavy atom. The van der Waals surface area contributed by atoms with Gasteiger partial charge >= 0.3 is 5.97 Å². The molecule has 1 saturated heterocycles. The van der Waals surface area contributed by atoms with Gasteiger partial charge in [0.2, 0.25) is 0 Å². The molecule has 0 saturated carbocycles. The van der Waals surface area contributed by atoms with Gasteiger partial charge in [-0.15, -0.1) is 0 Å². The summed E-state index contributed by atoms with van der Waals surface area (Å²) in [6.45, 7) is 1.84. The molecule has 0 aliphatic carbocycles. The zero-order valence-electron chi connectivity index (χ0n) is 12.9. The monoisotopic (exact) mass is 329 g/mol. The molecule has 23 heavy (non-hydrogen) atoms. The minimum Gasteiger partial charge on any atom is -0.478 e. The highest BCUT2D eigenvalue weighted by molar-refractivity contribution is 6.31. The summed E-state index contributed by atoms with van der Waals surface area (Å²) >= 11 is 6.28. The van der Waals surface area contributed by atoms with E-state index >= 15 is 0 Å². The van der Waals surface area contributed by atoms with Crippen molar-refractivity contribution in [3.05, 3.63) is 70.2 Å². The van der Waals surface area contributed by atoms with Gasteiger partial charge in [0, 0.05) is 17.6 Å². The summed E-state index contributed by atoms with van der Waals surface area (Å²) in [6, 6.07) is 15.7. The summed E-state index contributed by atoms with van der Waals surface area (Å²) in [5.74, 6) is -0.874. The predicted molar refractivity (Wildman–Crippen MR) is 92.0 cm³/mol. The van der Waals surface area contributed by atoms with Crippen LogP contribution in [0, 0.1) is 0 Å². The Balaban J connectivity index is 1.71. The first-order chi connectivity index (χ1) is 11.1. The molecule has 0 aromatic heterocycles. The van der Waals surface area contributed by atoms with Crippen molar-refractivity contribution in [2.75, 3.05) is 6.54 Å². The van der Waals surface area contributed by atoms with Gasteiger partial charge in [0.1, 0.15) is 0 Å². The van der Waals surface area contributed by atoms with Crippen LogP contribution < -0.4 is 0 Å². The Labute approximate surface area is 141 Å². The van der Waals surface area contributed by atoms with Crippen LogP contribution in [0.3, 0.4) is 0 Å². The van der Waals surface area contributed by atoms with Crippen molar-refractivity contribution in [1.29, 1.82) is 0 Å². The van der Waals surface area contributed by atoms with Crippen LogP contribution in [-0.4, -0.2) is 28.6 Å². The van der Waals surface area contributed by atoms with Crippen molar-refractivity contribution in [1.82, 2.24) is 4.90 Å². The van der Waals surface area contributed by atoms with Gasteiger partial charge in [-0.2, -0.15) is 0 Å². The fourth-order valence-corrected chi connectivity index (χ4v) is 3.50. The van der Waals surface area contributed by atoms with Crippen molar-refractivity contribution < 1.29 is 9.90 Å². The van der Waals surface area contributed by atoms with Gasteiger partial charge in [0.05, 0.1) is 5.56 Å². The smallest absolute Gasteiger partial charge is 0.335 e. The molecule has 1 N–H and O–H groups in total. The molecule has 3 rings (SSSR count). The number of rotatable bonds is 5. The molecule has 1 fully saturated rings. The molecule has 0 spiro atoms. The van der Waals surface area contributed by atoms with Gasteiger partial charge in [-0.3, -0.25) is 4.90 Å². The Morgan fingerprint density at radius 3 is 2.83 bits per heavy atom. The molecule has 0 radical (unpaired) electrons. The lowest BCUT2D eigenvalue weighted by molar-refractivity contribution is 0.0696. The van der Waals surface area contributed by atoms with Crippen molar-refractivity contribution in [3.8, 4) is 0 Å². The van der Waals surface area contributed by atoms with E-state index in [1.807, 2.05) is 30.3 Å². The first-order valence-electron chi connectivity index (χ1n) is 7.93. The van der Waals surface area contributed by atoms with Crippen LogP contribution in [-0.2, 0) is 13.0 Å². The Morgan fingerprint density at radius 2 is 2.04 bits per heavy atom. The maximum Gasteiger partial charge on any atom is 0.335 e. The van der Waals surface area contributed by atoms with E-state index in [0.717, 1.165) is 36.5 Å². The van der Waals surface area contributed by atoms with E-state index in [-0.39, 0.29) is 0 Å². The van der Waals surface area contributed by atoms with E-state index in [1.54, 1.807) is 12.1 Å². The number of carboxylic acid groups (broad SMARTS) is 1. The molecule has 2 aromatic carbocycles. The minimum atomic E-state index is -0.874. The molecule has 1 atom stereocenters. The lowest BCUT2D eigenvalue weighted by atomic mass is 10.0. The lowest BCUT2D eigenvalue weighted by Crippen LogP contribution is -2.30. The average molecular weight is 330 g/mol. The highest BCUT2D eigenvalue weighted by Crippen LogP contribution is 2.26. The number of carbonyl (C=O) groups is 1. The predicted octanol–water partition coefficient (Wildman–Crippen LogP) is 4.25. The van der Waals surface area contributed by atoms with Crippen LogP contribution in [0.4, 0.5) is 0 Å². The first-order valence-corrected chi connectivity index (χ1v) is 8.31.